The first-order valence-electron chi connectivity index (χ1n) is 5.50. The van der Waals surface area contributed by atoms with Crippen molar-refractivity contribution in [3.63, 3.8) is 0 Å². The molecule has 1 heterocycles. The molecule has 4 heteroatoms. The molecule has 15 heavy (non-hydrogen) atoms. The summed E-state index contributed by atoms with van der Waals surface area (Å²) in [4.78, 5) is 0. The Morgan fingerprint density at radius 3 is 2.67 bits per heavy atom. The van der Waals surface area contributed by atoms with Gasteiger partial charge in [0.05, 0.1) is 5.33 Å². The number of aromatic nitrogens is 3. The number of hydrogen-bond donors (Lipinski definition) is 0. The van der Waals surface area contributed by atoms with Crippen LogP contribution in [-0.4, -0.2) is 14.8 Å². The average Bonchev–Trinajstić information content (AvgIpc) is 2.69. The van der Waals surface area contributed by atoms with Crippen LogP contribution in [0.2, 0.25) is 0 Å². The molecule has 84 valence electrons. The molecule has 0 radical (unpaired) electrons. The molecule has 0 amide bonds. The summed E-state index contributed by atoms with van der Waals surface area (Å²) in [6.07, 6.45) is 3.86. The fourth-order valence-corrected chi connectivity index (χ4v) is 3.09. The van der Waals surface area contributed by atoms with Crippen LogP contribution in [-0.2, 0) is 12.4 Å². The van der Waals surface area contributed by atoms with Crippen LogP contribution in [0.25, 0.3) is 0 Å². The van der Waals surface area contributed by atoms with Crippen LogP contribution < -0.4 is 0 Å². The van der Waals surface area contributed by atoms with Gasteiger partial charge in [0, 0.05) is 13.0 Å². The highest BCUT2D eigenvalue weighted by molar-refractivity contribution is 9.08. The summed E-state index contributed by atoms with van der Waals surface area (Å²) in [5, 5.41) is 9.34. The van der Waals surface area contributed by atoms with Crippen LogP contribution in [0.1, 0.15) is 50.7 Å². The van der Waals surface area contributed by atoms with E-state index < -0.39 is 0 Å². The van der Waals surface area contributed by atoms with Crippen molar-refractivity contribution in [2.24, 2.45) is 12.5 Å². The predicted molar refractivity (Wildman–Crippen MR) is 64.0 cm³/mol. The Balaban J connectivity index is 2.33. The summed E-state index contributed by atoms with van der Waals surface area (Å²) in [5.41, 5.74) is 0.379. The third-order valence-corrected chi connectivity index (χ3v) is 4.19. The number of nitrogens with zero attached hydrogens (tertiary/aromatic N) is 3. The number of hydrogen-bond acceptors (Lipinski definition) is 2. The molecule has 0 aliphatic heterocycles. The van der Waals surface area contributed by atoms with E-state index in [0.717, 1.165) is 17.0 Å². The first-order valence-corrected chi connectivity index (χ1v) is 6.62. The van der Waals surface area contributed by atoms with Gasteiger partial charge in [-0.3, -0.25) is 0 Å². The van der Waals surface area contributed by atoms with Gasteiger partial charge < -0.3 is 4.57 Å². The molecule has 3 nitrogen and oxygen atoms in total. The fraction of sp³-hybridized carbons (Fsp3) is 0.818. The molecule has 1 aliphatic rings. The lowest BCUT2D eigenvalue weighted by atomic mass is 9.81. The van der Waals surface area contributed by atoms with Crippen LogP contribution in [0.5, 0.6) is 0 Å². The topological polar surface area (TPSA) is 30.7 Å². The third kappa shape index (κ3) is 1.84. The number of halogens is 1. The first kappa shape index (κ1) is 11.1. The van der Waals surface area contributed by atoms with E-state index in [1.54, 1.807) is 0 Å². The summed E-state index contributed by atoms with van der Waals surface area (Å²) in [5.74, 6) is 2.75. The molecule has 0 aromatic carbocycles. The zero-order valence-electron chi connectivity index (χ0n) is 9.63. The molecule has 2 rings (SSSR count). The summed E-state index contributed by atoms with van der Waals surface area (Å²) < 4.78 is 2.15. The van der Waals surface area contributed by atoms with Crippen LogP contribution in [0.15, 0.2) is 0 Å². The van der Waals surface area contributed by atoms with Gasteiger partial charge in [-0.15, -0.1) is 10.2 Å². The van der Waals surface area contributed by atoms with Crippen molar-refractivity contribution < 1.29 is 0 Å². The van der Waals surface area contributed by atoms with E-state index in [0.29, 0.717) is 11.3 Å². The van der Waals surface area contributed by atoms with Crippen molar-refractivity contribution in [1.82, 2.24) is 14.8 Å². The minimum absolute atomic E-state index is 0.379. The van der Waals surface area contributed by atoms with Gasteiger partial charge in [-0.25, -0.2) is 0 Å². The highest BCUT2D eigenvalue weighted by atomic mass is 79.9. The zero-order chi connectivity index (χ0) is 11.1. The lowest BCUT2D eigenvalue weighted by Crippen LogP contribution is -2.19. The average molecular weight is 272 g/mol. The van der Waals surface area contributed by atoms with E-state index in [2.05, 4.69) is 51.6 Å². The van der Waals surface area contributed by atoms with E-state index in [1.807, 2.05) is 0 Å². The lowest BCUT2D eigenvalue weighted by molar-refractivity contribution is 0.317. The quantitative estimate of drug-likeness (QED) is 0.775. The van der Waals surface area contributed by atoms with Gasteiger partial charge in [0.2, 0.25) is 0 Å². The van der Waals surface area contributed by atoms with E-state index in [4.69, 9.17) is 0 Å². The Morgan fingerprint density at radius 2 is 2.20 bits per heavy atom. The SMILES string of the molecule is Cn1c(CBr)nnc1C1CCCC1(C)C. The third-order valence-electron chi connectivity index (χ3n) is 3.69. The maximum Gasteiger partial charge on any atom is 0.143 e. The van der Waals surface area contributed by atoms with E-state index in [1.165, 1.54) is 19.3 Å². The van der Waals surface area contributed by atoms with Crippen LogP contribution in [0.4, 0.5) is 0 Å². The van der Waals surface area contributed by atoms with Crippen molar-refractivity contribution in [2.45, 2.75) is 44.4 Å². The Labute approximate surface area is 99.4 Å². The molecule has 0 spiro atoms. The summed E-state index contributed by atoms with van der Waals surface area (Å²) in [7, 11) is 2.07. The minimum Gasteiger partial charge on any atom is -0.317 e. The highest BCUT2D eigenvalue weighted by Gasteiger charge is 2.38. The molecule has 0 saturated heterocycles. The molecule has 1 unspecified atom stereocenters. The molecule has 1 aliphatic carbocycles. The Bertz CT molecular complexity index is 357. The van der Waals surface area contributed by atoms with Gasteiger partial charge in [0.15, 0.2) is 0 Å². The van der Waals surface area contributed by atoms with E-state index in [-0.39, 0.29) is 0 Å². The largest absolute Gasteiger partial charge is 0.317 e. The van der Waals surface area contributed by atoms with Gasteiger partial charge in [0.1, 0.15) is 11.6 Å². The smallest absolute Gasteiger partial charge is 0.143 e. The molecule has 1 atom stereocenters. The van der Waals surface area contributed by atoms with Crippen LogP contribution in [0, 0.1) is 5.41 Å². The summed E-state index contributed by atoms with van der Waals surface area (Å²) >= 11 is 3.44. The zero-order valence-corrected chi connectivity index (χ0v) is 11.2. The predicted octanol–water partition coefficient (Wildman–Crippen LogP) is 3.00. The van der Waals surface area contributed by atoms with Crippen molar-refractivity contribution in [3.8, 4) is 0 Å². The van der Waals surface area contributed by atoms with Crippen LogP contribution in [0.3, 0.4) is 0 Å². The second-order valence-corrected chi connectivity index (χ2v) is 5.66. The molecular formula is C11H18BrN3. The maximum absolute atomic E-state index is 4.35. The second kappa shape index (κ2) is 3.89. The van der Waals surface area contributed by atoms with Gasteiger partial charge in [-0.2, -0.15) is 0 Å². The van der Waals surface area contributed by atoms with Crippen molar-refractivity contribution in [3.05, 3.63) is 11.6 Å². The maximum atomic E-state index is 4.35. The highest BCUT2D eigenvalue weighted by Crippen LogP contribution is 2.48. The Kier molecular flexibility index (Phi) is 2.88. The fourth-order valence-electron chi connectivity index (χ4n) is 2.60. The molecule has 1 aromatic rings. The number of rotatable bonds is 2. The van der Waals surface area contributed by atoms with Crippen LogP contribution >= 0.6 is 15.9 Å². The standard InChI is InChI=1S/C11H18BrN3/c1-11(2)6-4-5-8(11)10-14-13-9(7-12)15(10)3/h8H,4-7H2,1-3H3. The monoisotopic (exact) mass is 271 g/mol. The van der Waals surface area contributed by atoms with Crippen molar-refractivity contribution >= 4 is 15.9 Å². The summed E-state index contributed by atoms with van der Waals surface area (Å²) in [6.45, 7) is 4.68. The Hall–Kier alpha value is -0.380. The first-order chi connectivity index (χ1) is 7.06. The van der Waals surface area contributed by atoms with Gasteiger partial charge >= 0.3 is 0 Å². The van der Waals surface area contributed by atoms with Crippen molar-refractivity contribution in [1.29, 1.82) is 0 Å². The Morgan fingerprint density at radius 1 is 1.47 bits per heavy atom. The molecule has 1 aromatic heterocycles. The van der Waals surface area contributed by atoms with Gasteiger partial charge in [0.25, 0.3) is 0 Å². The second-order valence-electron chi connectivity index (χ2n) is 5.10. The van der Waals surface area contributed by atoms with Gasteiger partial charge in [-0.1, -0.05) is 36.2 Å². The van der Waals surface area contributed by atoms with E-state index >= 15 is 0 Å². The van der Waals surface area contributed by atoms with Crippen molar-refractivity contribution in [2.75, 3.05) is 0 Å². The molecule has 1 fully saturated rings. The molecule has 0 N–H and O–H groups in total. The molecular weight excluding hydrogens is 254 g/mol. The molecule has 0 bridgehead atoms. The van der Waals surface area contributed by atoms with Gasteiger partial charge in [-0.05, 0) is 18.3 Å². The normalized spacial score (nSPS) is 24.7. The van der Waals surface area contributed by atoms with E-state index in [9.17, 15) is 0 Å². The minimum atomic E-state index is 0.379. The molecule has 1 saturated carbocycles. The lowest BCUT2D eigenvalue weighted by Gasteiger charge is -2.25. The number of alkyl halides is 1. The summed E-state index contributed by atoms with van der Waals surface area (Å²) in [6, 6.07) is 0.